The summed E-state index contributed by atoms with van der Waals surface area (Å²) in [7, 11) is -3.32. The van der Waals surface area contributed by atoms with Crippen LogP contribution in [0.15, 0.2) is 0 Å². The second-order valence-corrected chi connectivity index (χ2v) is 6.92. The van der Waals surface area contributed by atoms with Gasteiger partial charge in [-0.3, -0.25) is 0 Å². The van der Waals surface area contributed by atoms with Crippen LogP contribution in [0.3, 0.4) is 0 Å². The smallest absolute Gasteiger partial charge is 0.210 e. The van der Waals surface area contributed by atoms with Crippen molar-refractivity contribution in [1.29, 1.82) is 0 Å². The standard InChI is InChI=1S/C11H24N2O2S/c1-9(2)10-4-3-5-11(8-10)13-6-7-16(12,14)15/h9-11,13H,3-8H2,1-2H3,(H2,12,14,15). The van der Waals surface area contributed by atoms with Crippen molar-refractivity contribution in [2.24, 2.45) is 17.0 Å². The molecule has 5 heteroatoms. The summed E-state index contributed by atoms with van der Waals surface area (Å²) in [6.45, 7) is 5.00. The van der Waals surface area contributed by atoms with Gasteiger partial charge in [-0.2, -0.15) is 0 Å². The fourth-order valence-electron chi connectivity index (χ4n) is 2.42. The predicted molar refractivity (Wildman–Crippen MR) is 66.6 cm³/mol. The van der Waals surface area contributed by atoms with E-state index in [9.17, 15) is 8.42 Å². The van der Waals surface area contributed by atoms with E-state index in [1.807, 2.05) is 0 Å². The first-order chi connectivity index (χ1) is 7.38. The van der Waals surface area contributed by atoms with E-state index >= 15 is 0 Å². The lowest BCUT2D eigenvalue weighted by molar-refractivity contribution is 0.233. The molecule has 16 heavy (non-hydrogen) atoms. The second-order valence-electron chi connectivity index (χ2n) is 5.19. The van der Waals surface area contributed by atoms with Crippen LogP contribution in [0.1, 0.15) is 39.5 Å². The van der Waals surface area contributed by atoms with Gasteiger partial charge in [-0.15, -0.1) is 0 Å². The third-order valence-electron chi connectivity index (χ3n) is 3.48. The molecule has 0 amide bonds. The normalized spacial score (nSPS) is 27.2. The topological polar surface area (TPSA) is 72.2 Å². The highest BCUT2D eigenvalue weighted by molar-refractivity contribution is 7.89. The summed E-state index contributed by atoms with van der Waals surface area (Å²) >= 11 is 0. The largest absolute Gasteiger partial charge is 0.313 e. The highest BCUT2D eigenvalue weighted by Gasteiger charge is 2.23. The molecule has 0 aromatic rings. The molecule has 0 saturated heterocycles. The predicted octanol–water partition coefficient (Wildman–Crippen LogP) is 1.08. The molecule has 0 bridgehead atoms. The maximum absolute atomic E-state index is 10.8. The van der Waals surface area contributed by atoms with Crippen molar-refractivity contribution in [3.8, 4) is 0 Å². The van der Waals surface area contributed by atoms with Crippen LogP contribution in [-0.4, -0.2) is 26.8 Å². The van der Waals surface area contributed by atoms with Crippen molar-refractivity contribution >= 4 is 10.0 Å². The zero-order valence-corrected chi connectivity index (χ0v) is 11.1. The molecular formula is C11H24N2O2S. The van der Waals surface area contributed by atoms with Crippen molar-refractivity contribution < 1.29 is 8.42 Å². The molecule has 2 atom stereocenters. The van der Waals surface area contributed by atoms with Crippen molar-refractivity contribution in [3.05, 3.63) is 0 Å². The molecule has 0 aliphatic heterocycles. The molecular weight excluding hydrogens is 224 g/mol. The van der Waals surface area contributed by atoms with Crippen LogP contribution in [0.5, 0.6) is 0 Å². The highest BCUT2D eigenvalue weighted by atomic mass is 32.2. The van der Waals surface area contributed by atoms with Gasteiger partial charge in [0.15, 0.2) is 0 Å². The minimum atomic E-state index is -3.32. The maximum atomic E-state index is 10.8. The van der Waals surface area contributed by atoms with Crippen LogP contribution in [0, 0.1) is 11.8 Å². The van der Waals surface area contributed by atoms with Crippen LogP contribution in [0.4, 0.5) is 0 Å². The first-order valence-corrected chi connectivity index (χ1v) is 7.84. The van der Waals surface area contributed by atoms with Gasteiger partial charge in [0.25, 0.3) is 0 Å². The molecule has 1 saturated carbocycles. The van der Waals surface area contributed by atoms with E-state index in [1.54, 1.807) is 0 Å². The molecule has 1 rings (SSSR count). The molecule has 96 valence electrons. The molecule has 0 aromatic heterocycles. The van der Waals surface area contributed by atoms with Gasteiger partial charge in [-0.05, 0) is 24.7 Å². The lowest BCUT2D eigenvalue weighted by Gasteiger charge is -2.32. The first kappa shape index (κ1) is 13.9. The van der Waals surface area contributed by atoms with E-state index in [1.165, 1.54) is 19.3 Å². The number of hydrogen-bond donors (Lipinski definition) is 2. The highest BCUT2D eigenvalue weighted by Crippen LogP contribution is 2.29. The molecule has 4 nitrogen and oxygen atoms in total. The fourth-order valence-corrected chi connectivity index (χ4v) is 2.83. The monoisotopic (exact) mass is 248 g/mol. The van der Waals surface area contributed by atoms with Crippen LogP contribution >= 0.6 is 0 Å². The summed E-state index contributed by atoms with van der Waals surface area (Å²) in [5.41, 5.74) is 0. The minimum Gasteiger partial charge on any atom is -0.313 e. The molecule has 0 spiro atoms. The third-order valence-corrected chi connectivity index (χ3v) is 4.25. The van der Waals surface area contributed by atoms with E-state index < -0.39 is 10.0 Å². The lowest BCUT2D eigenvalue weighted by atomic mass is 9.79. The molecule has 0 heterocycles. The van der Waals surface area contributed by atoms with Gasteiger partial charge in [-0.1, -0.05) is 26.7 Å². The van der Waals surface area contributed by atoms with Gasteiger partial charge in [0.1, 0.15) is 0 Å². The van der Waals surface area contributed by atoms with Crippen LogP contribution in [-0.2, 0) is 10.0 Å². The summed E-state index contributed by atoms with van der Waals surface area (Å²) in [5, 5.41) is 8.26. The Morgan fingerprint density at radius 2 is 2.06 bits per heavy atom. The Hall–Kier alpha value is -0.130. The maximum Gasteiger partial charge on any atom is 0.210 e. The molecule has 1 fully saturated rings. The molecule has 3 N–H and O–H groups in total. The molecule has 0 radical (unpaired) electrons. The van der Waals surface area contributed by atoms with Gasteiger partial charge in [0, 0.05) is 12.6 Å². The average Bonchev–Trinajstić information content (AvgIpc) is 2.16. The summed E-state index contributed by atoms with van der Waals surface area (Å²) in [4.78, 5) is 0. The number of primary sulfonamides is 1. The summed E-state index contributed by atoms with van der Waals surface area (Å²) in [5.74, 6) is 1.54. The fraction of sp³-hybridized carbons (Fsp3) is 1.00. The van der Waals surface area contributed by atoms with Crippen LogP contribution in [0.2, 0.25) is 0 Å². The Kier molecular flexibility index (Phi) is 5.21. The van der Waals surface area contributed by atoms with Crippen LogP contribution < -0.4 is 10.5 Å². The first-order valence-electron chi connectivity index (χ1n) is 6.12. The van der Waals surface area contributed by atoms with E-state index in [-0.39, 0.29) is 5.75 Å². The Bertz CT molecular complexity index is 301. The molecule has 2 unspecified atom stereocenters. The van der Waals surface area contributed by atoms with Gasteiger partial charge >= 0.3 is 0 Å². The second kappa shape index (κ2) is 5.98. The number of sulfonamides is 1. The lowest BCUT2D eigenvalue weighted by Crippen LogP contribution is -2.38. The minimum absolute atomic E-state index is 0.0375. The SMILES string of the molecule is CC(C)C1CCCC(NCCS(N)(=O)=O)C1. The number of hydrogen-bond acceptors (Lipinski definition) is 3. The van der Waals surface area contributed by atoms with E-state index in [4.69, 9.17) is 5.14 Å². The quantitative estimate of drug-likeness (QED) is 0.764. The van der Waals surface area contributed by atoms with Crippen molar-refractivity contribution in [1.82, 2.24) is 5.32 Å². The van der Waals surface area contributed by atoms with E-state index in [0.717, 1.165) is 18.3 Å². The summed E-state index contributed by atoms with van der Waals surface area (Å²) in [6.07, 6.45) is 4.89. The zero-order chi connectivity index (χ0) is 12.2. The van der Waals surface area contributed by atoms with Gasteiger partial charge in [0.2, 0.25) is 10.0 Å². The third kappa shape index (κ3) is 5.27. The molecule has 0 aromatic carbocycles. The number of nitrogens with two attached hydrogens (primary N) is 1. The van der Waals surface area contributed by atoms with E-state index in [2.05, 4.69) is 19.2 Å². The zero-order valence-electron chi connectivity index (χ0n) is 10.3. The van der Waals surface area contributed by atoms with E-state index in [0.29, 0.717) is 12.6 Å². The Morgan fingerprint density at radius 1 is 1.38 bits per heavy atom. The van der Waals surface area contributed by atoms with Gasteiger partial charge < -0.3 is 5.32 Å². The molecule has 1 aliphatic carbocycles. The van der Waals surface area contributed by atoms with Crippen molar-refractivity contribution in [2.75, 3.05) is 12.3 Å². The Balaban J connectivity index is 2.27. The summed E-state index contributed by atoms with van der Waals surface area (Å²) in [6, 6.07) is 0.475. The number of rotatable bonds is 5. The number of nitrogens with one attached hydrogen (secondary N) is 1. The van der Waals surface area contributed by atoms with Crippen molar-refractivity contribution in [2.45, 2.75) is 45.6 Å². The Morgan fingerprint density at radius 3 is 2.62 bits per heavy atom. The van der Waals surface area contributed by atoms with Crippen molar-refractivity contribution in [3.63, 3.8) is 0 Å². The molecule has 1 aliphatic rings. The van der Waals surface area contributed by atoms with Gasteiger partial charge in [0.05, 0.1) is 5.75 Å². The van der Waals surface area contributed by atoms with Crippen LogP contribution in [0.25, 0.3) is 0 Å². The van der Waals surface area contributed by atoms with Gasteiger partial charge in [-0.25, -0.2) is 13.6 Å². The summed E-state index contributed by atoms with van der Waals surface area (Å²) < 4.78 is 21.6. The average molecular weight is 248 g/mol. The Labute approximate surface area is 99.0 Å².